The third-order valence-electron chi connectivity index (χ3n) is 15.8. The van der Waals surface area contributed by atoms with E-state index in [-0.39, 0.29) is 241 Å². The van der Waals surface area contributed by atoms with Crippen molar-refractivity contribution in [1.29, 1.82) is 0 Å². The van der Waals surface area contributed by atoms with Crippen LogP contribution in [0.2, 0.25) is 11.6 Å². The van der Waals surface area contributed by atoms with Crippen LogP contribution in [0.3, 0.4) is 0 Å². The fourth-order valence-corrected chi connectivity index (χ4v) is 11.5. The zero-order valence-electron chi connectivity index (χ0n) is 42.1. The van der Waals surface area contributed by atoms with Crippen LogP contribution in [-0.2, 0) is 0 Å². The number of fused-ring (bicyclic) bond motifs is 6. The summed E-state index contributed by atoms with van der Waals surface area (Å²) >= 11 is 0. The third kappa shape index (κ3) is 7.65. The first-order valence-electron chi connectivity index (χ1n) is 23.5. The molecule has 2 aliphatic rings. The smallest absolute Gasteiger partial charge is 0.131 e. The van der Waals surface area contributed by atoms with Gasteiger partial charge in [-0.2, -0.15) is 0 Å². The molecule has 8 aromatic carbocycles. The lowest BCUT2D eigenvalue weighted by Gasteiger charge is -2.38. The maximum Gasteiger partial charge on any atom is 0.191 e. The Morgan fingerprint density at radius 2 is 0.456 bits per heavy atom. The predicted molar refractivity (Wildman–Crippen MR) is 371 cm³/mol. The molecule has 0 bridgehead atoms. The van der Waals surface area contributed by atoms with Crippen LogP contribution in [0.25, 0.3) is 82.4 Å². The minimum atomic E-state index is -1.07. The van der Waals surface area contributed by atoms with E-state index in [4.69, 9.17) is 235 Å². The highest BCUT2D eigenvalue weighted by molar-refractivity contribution is 6.86. The van der Waals surface area contributed by atoms with Crippen LogP contribution in [0.1, 0.15) is 5.56 Å². The van der Waals surface area contributed by atoms with E-state index < -0.39 is 11.6 Å². The van der Waals surface area contributed by atoms with Crippen molar-refractivity contribution >= 4 is 428 Å². The summed E-state index contributed by atoms with van der Waals surface area (Å²) in [6.07, 6.45) is 0. The molecule has 1 aliphatic heterocycles. The third-order valence-corrected chi connectivity index (χ3v) is 15.8. The molecule has 0 spiro atoms. The van der Waals surface area contributed by atoms with Gasteiger partial charge in [0, 0.05) is 0 Å². The van der Waals surface area contributed by atoms with Gasteiger partial charge in [0.2, 0.25) is 0 Å². The molecule has 8 aromatic rings. The van der Waals surface area contributed by atoms with Crippen LogP contribution < -0.4 is 147 Å². The van der Waals surface area contributed by atoms with Crippen molar-refractivity contribution in [3.8, 4) is 44.5 Å². The molecule has 287 valence electrons. The normalized spacial score (nSPS) is 15.1. The van der Waals surface area contributed by atoms with Crippen molar-refractivity contribution in [2.45, 2.75) is 11.6 Å². The van der Waals surface area contributed by atoms with Gasteiger partial charge in [-0.1, -0.05) is 126 Å². The van der Waals surface area contributed by atoms with Gasteiger partial charge < -0.3 is 0 Å². The van der Waals surface area contributed by atoms with Crippen molar-refractivity contribution < 1.29 is 0 Å². The monoisotopic (exact) mass is 919 g/mol. The molecule has 2 atom stereocenters. The average Bonchev–Trinajstić information content (AvgIpc) is 4.06. The highest BCUT2D eigenvalue weighted by Crippen LogP contribution is 2.44. The fourth-order valence-electron chi connectivity index (χ4n) is 11.5. The Hall–Kier alpha value is -3.97. The summed E-state index contributed by atoms with van der Waals surface area (Å²) in [5.74, 6) is -2.08. The van der Waals surface area contributed by atoms with Crippen LogP contribution in [0.5, 0.6) is 0 Å². The Kier molecular flexibility index (Phi) is 14.6. The number of hydrogen-bond donors (Lipinski definition) is 0. The Labute approximate surface area is 502 Å². The lowest BCUT2D eigenvalue weighted by molar-refractivity contribution is 1.01. The van der Waals surface area contributed by atoms with E-state index in [9.17, 15) is 0 Å². The average molecular weight is 914 g/mol. The van der Waals surface area contributed by atoms with E-state index in [1.165, 1.54) is 0 Å². The number of hydrogen-bond acceptors (Lipinski definition) is 0. The zero-order valence-corrected chi connectivity index (χ0v) is 42.1. The van der Waals surface area contributed by atoms with E-state index >= 15 is 0 Å². The summed E-state index contributed by atoms with van der Waals surface area (Å²) in [6.45, 7) is 0. The Bertz CT molecular complexity index is 4200. The van der Waals surface area contributed by atoms with E-state index in [0.29, 0.717) is 10.9 Å². The summed E-state index contributed by atoms with van der Waals surface area (Å²) in [4.78, 5) is 0. The molecule has 0 nitrogen and oxygen atoms in total. The standard InChI is InChI=1S/C48H2B31/c49-17-7(35(67)46(78)48-16(17)15-18(50)9-14(36(68)47(15)79-48)34(66)42(74)41(73)31(9)63)1-3-5(21(53)39(71)37(69)19(3)51)2(6-4(1)20(52)38(70)40(72)22(6)54)8-23(55)25(57)10(26(58)24(8)56)11-27(59)29(61)12(30(62)28(11)60)13-32(64)43(75)45(77)44(76)33(13)65/h32,43H. The maximum absolute atomic E-state index is 7.42. The lowest BCUT2D eigenvalue weighted by atomic mass is 9.46. The first-order valence-corrected chi connectivity index (χ1v) is 23.5. The van der Waals surface area contributed by atoms with Gasteiger partial charge in [0.05, 0.1) is 15.7 Å². The van der Waals surface area contributed by atoms with Crippen molar-refractivity contribution in [2.24, 2.45) is 0 Å². The first kappa shape index (κ1) is 58.2. The summed E-state index contributed by atoms with van der Waals surface area (Å²) in [5, 5.41) is 0.362. The van der Waals surface area contributed by atoms with Crippen LogP contribution in [0, 0.1) is 0 Å². The van der Waals surface area contributed by atoms with E-state index in [0.717, 1.165) is 0 Å². The fraction of sp³-hybridized carbons (Fsp3) is 0.0417. The number of allylic oxidation sites excluding steroid dienone is 4. The molecule has 2 unspecified atom stereocenters. The molecule has 31 heteroatoms. The first-order chi connectivity index (χ1) is 36.8. The molecule has 1 aliphatic carbocycles. The summed E-state index contributed by atoms with van der Waals surface area (Å²) in [5.41, 5.74) is -2.62. The van der Waals surface area contributed by atoms with Gasteiger partial charge >= 0.3 is 0 Å². The molecule has 0 aromatic heterocycles. The summed E-state index contributed by atoms with van der Waals surface area (Å²) in [6, 6.07) is 0. The number of rotatable bonds is 4. The molecule has 0 fully saturated rings. The van der Waals surface area contributed by atoms with Gasteiger partial charge in [-0.3, -0.25) is 0 Å². The Morgan fingerprint density at radius 1 is 0.190 bits per heavy atom. The minimum absolute atomic E-state index is 0.000218. The maximum atomic E-state index is 7.42. The second-order valence-corrected chi connectivity index (χ2v) is 19.7. The topological polar surface area (TPSA) is 0 Å². The van der Waals surface area contributed by atoms with Crippen LogP contribution in [0.15, 0.2) is 16.4 Å². The minimum Gasteiger partial charge on any atom is -0.131 e. The van der Waals surface area contributed by atoms with Crippen molar-refractivity contribution in [3.05, 3.63) is 22.0 Å². The molecule has 1 heterocycles. The lowest BCUT2D eigenvalue weighted by Crippen LogP contribution is -2.53. The molecular weight excluding hydrogens is 912 g/mol. The van der Waals surface area contributed by atoms with Crippen LogP contribution in [-0.4, -0.2) is 243 Å². The second-order valence-electron chi connectivity index (χ2n) is 19.7. The molecule has 0 amide bonds. The molecule has 79 heavy (non-hydrogen) atoms. The van der Waals surface area contributed by atoms with Gasteiger partial charge in [-0.05, 0) is 82.4 Å². The number of benzene rings is 8. The summed E-state index contributed by atoms with van der Waals surface area (Å²) in [7, 11) is 206. The summed E-state index contributed by atoms with van der Waals surface area (Å²) < 4.78 is 0. The quantitative estimate of drug-likeness (QED) is 0.122. The predicted octanol–water partition coefficient (Wildman–Crippen LogP) is -21.0. The van der Waals surface area contributed by atoms with Crippen molar-refractivity contribution in [3.63, 3.8) is 0 Å². The molecule has 61 radical (unpaired) electrons. The largest absolute Gasteiger partial charge is 0.191 e. The molecular formula is C48H2B31. The molecule has 0 saturated heterocycles. The highest BCUT2D eigenvalue weighted by atomic mass is 14.3. The zero-order chi connectivity index (χ0) is 58.4. The van der Waals surface area contributed by atoms with E-state index in [1.807, 2.05) is 0 Å². The van der Waals surface area contributed by atoms with Gasteiger partial charge in [0.1, 0.15) is 220 Å². The van der Waals surface area contributed by atoms with E-state index in [2.05, 4.69) is 0 Å². The van der Waals surface area contributed by atoms with Crippen molar-refractivity contribution in [2.75, 3.05) is 0 Å². The van der Waals surface area contributed by atoms with E-state index in [1.54, 1.807) is 7.28 Å². The molecule has 0 N–H and O–H groups in total. The SMILES string of the molecule is [B]C1=C([B])C([B])C([B])C(c2c([B])c([B])c(-c3c([B])c([B])c(-c4c5c([B])c([B])c([B])c([B])c5c(-c5c([B])c([B])c6c(c5[B])-c5c(c([B])c7c([B])c([B])c([B])c([B])c7c5[B])[B]6)c5c([B])c([B])c([B])c([B])c45)c([B])c3[B])c([B])c2[B])=C1[B]. The van der Waals surface area contributed by atoms with Gasteiger partial charge in [-0.25, -0.2) is 0 Å². The molecule has 0 saturated carbocycles. The van der Waals surface area contributed by atoms with Gasteiger partial charge in [0.15, 0.2) is 7.28 Å². The van der Waals surface area contributed by atoms with Gasteiger partial charge in [-0.15, -0.1) is 54.7 Å². The van der Waals surface area contributed by atoms with Crippen molar-refractivity contribution in [1.82, 2.24) is 0 Å². The van der Waals surface area contributed by atoms with Crippen LogP contribution >= 0.6 is 0 Å². The highest BCUT2D eigenvalue weighted by Gasteiger charge is 2.35. The second kappa shape index (κ2) is 19.9. The molecule has 10 rings (SSSR count). The Balaban J connectivity index is 1.36. The Morgan fingerprint density at radius 3 is 0.823 bits per heavy atom. The van der Waals surface area contributed by atoms with Crippen LogP contribution in [0.4, 0.5) is 0 Å². The van der Waals surface area contributed by atoms with Gasteiger partial charge in [0.25, 0.3) is 0 Å².